The summed E-state index contributed by atoms with van der Waals surface area (Å²) in [5.41, 5.74) is -0.704. The van der Waals surface area contributed by atoms with Crippen LogP contribution in [0.25, 0.3) is 10.9 Å². The number of hydrogen-bond donors (Lipinski definition) is 1. The number of fused-ring (bicyclic) bond motifs is 3. The molecule has 0 fully saturated rings. The summed E-state index contributed by atoms with van der Waals surface area (Å²) in [6.07, 6.45) is 0.285. The van der Waals surface area contributed by atoms with Crippen LogP contribution in [0, 0.1) is 16.0 Å². The van der Waals surface area contributed by atoms with Gasteiger partial charge < -0.3 is 19.3 Å². The normalized spacial score (nSPS) is 20.5. The number of nitro groups is 1. The van der Waals surface area contributed by atoms with Crippen molar-refractivity contribution < 1.29 is 28.8 Å². The van der Waals surface area contributed by atoms with E-state index in [0.717, 1.165) is 14.2 Å². The van der Waals surface area contributed by atoms with Crippen molar-refractivity contribution >= 4 is 29.1 Å². The molecule has 2 aromatic rings. The van der Waals surface area contributed by atoms with Gasteiger partial charge >= 0.3 is 11.9 Å². The Morgan fingerprint density at radius 2 is 1.93 bits per heavy atom. The number of H-pyrrole nitrogens is 1. The summed E-state index contributed by atoms with van der Waals surface area (Å²) in [5.74, 6) is -3.48. The fourth-order valence-electron chi connectivity index (χ4n) is 4.03. The van der Waals surface area contributed by atoms with Crippen molar-refractivity contribution in [2.75, 3.05) is 20.8 Å². The van der Waals surface area contributed by atoms with Gasteiger partial charge in [0, 0.05) is 27.4 Å². The second-order valence-electron chi connectivity index (χ2n) is 6.47. The highest BCUT2D eigenvalue weighted by molar-refractivity contribution is 6.08. The number of aldehydes is 1. The quantitative estimate of drug-likeness (QED) is 0.275. The Hall–Kier alpha value is -3.23. The standard InChI is InChI=1S/C18H18N2O7/c1-26-16(22)18(17(23)27-2)7-10(9-21)12(8-20(24)25)14-11-5-3-4-6-13(11)19-15(14)18/h3-6,9-10,12,19H,7-8H2,1-2H3/t10-,12-/m0/s1. The van der Waals surface area contributed by atoms with E-state index < -0.39 is 40.7 Å². The van der Waals surface area contributed by atoms with Gasteiger partial charge in [-0.3, -0.25) is 19.7 Å². The maximum atomic E-state index is 12.7. The first kappa shape index (κ1) is 18.6. The van der Waals surface area contributed by atoms with Gasteiger partial charge in [-0.25, -0.2) is 0 Å². The van der Waals surface area contributed by atoms with Crippen LogP contribution in [0.2, 0.25) is 0 Å². The van der Waals surface area contributed by atoms with Crippen LogP contribution in [-0.2, 0) is 29.3 Å². The Morgan fingerprint density at radius 3 is 2.48 bits per heavy atom. The average Bonchev–Trinajstić information content (AvgIpc) is 3.06. The Bertz CT molecular complexity index is 917. The minimum absolute atomic E-state index is 0.187. The molecule has 0 aliphatic heterocycles. The molecule has 0 amide bonds. The third-order valence-corrected chi connectivity index (χ3v) is 5.19. The minimum Gasteiger partial charge on any atom is -0.468 e. The molecular weight excluding hydrogens is 356 g/mol. The number of hydrogen-bond acceptors (Lipinski definition) is 7. The maximum Gasteiger partial charge on any atom is 0.329 e. The molecule has 142 valence electrons. The van der Waals surface area contributed by atoms with Gasteiger partial charge in [-0.15, -0.1) is 0 Å². The molecule has 3 rings (SSSR count). The number of aromatic amines is 1. The summed E-state index contributed by atoms with van der Waals surface area (Å²) in [6, 6.07) is 6.94. The zero-order chi connectivity index (χ0) is 19.8. The van der Waals surface area contributed by atoms with E-state index in [9.17, 15) is 24.5 Å². The molecule has 1 aromatic carbocycles. The Kier molecular flexibility index (Phi) is 4.69. The van der Waals surface area contributed by atoms with Crippen molar-refractivity contribution in [1.29, 1.82) is 0 Å². The monoisotopic (exact) mass is 374 g/mol. The number of aromatic nitrogens is 1. The van der Waals surface area contributed by atoms with Crippen LogP contribution >= 0.6 is 0 Å². The molecule has 2 atom stereocenters. The van der Waals surface area contributed by atoms with Crippen molar-refractivity contribution in [2.45, 2.75) is 17.8 Å². The topological polar surface area (TPSA) is 129 Å². The average molecular weight is 374 g/mol. The molecule has 0 radical (unpaired) electrons. The SMILES string of the molecule is COC(=O)C1(C(=O)OC)C[C@@H](C=O)[C@H](C[N+](=O)[O-])c2c1[nH]c1ccccc21. The fourth-order valence-corrected chi connectivity index (χ4v) is 4.03. The first-order chi connectivity index (χ1) is 12.9. The maximum absolute atomic E-state index is 12.7. The predicted molar refractivity (Wildman–Crippen MR) is 92.8 cm³/mol. The smallest absolute Gasteiger partial charge is 0.329 e. The minimum atomic E-state index is -1.89. The lowest BCUT2D eigenvalue weighted by Gasteiger charge is -2.37. The van der Waals surface area contributed by atoms with Crippen molar-refractivity contribution in [3.8, 4) is 0 Å². The highest BCUT2D eigenvalue weighted by Crippen LogP contribution is 2.49. The highest BCUT2D eigenvalue weighted by Gasteiger charge is 2.59. The van der Waals surface area contributed by atoms with Crippen molar-refractivity contribution in [1.82, 2.24) is 4.98 Å². The Balaban J connectivity index is 2.39. The second-order valence-corrected chi connectivity index (χ2v) is 6.47. The van der Waals surface area contributed by atoms with Crippen LogP contribution in [0.3, 0.4) is 0 Å². The van der Waals surface area contributed by atoms with E-state index in [4.69, 9.17) is 9.47 Å². The van der Waals surface area contributed by atoms with E-state index in [1.807, 2.05) is 0 Å². The molecule has 0 saturated heterocycles. The summed E-state index contributed by atoms with van der Waals surface area (Å²) in [7, 11) is 2.27. The number of esters is 2. The molecule has 1 aromatic heterocycles. The molecule has 0 unspecified atom stereocenters. The third-order valence-electron chi connectivity index (χ3n) is 5.19. The number of nitrogens with one attached hydrogen (secondary N) is 1. The summed E-state index contributed by atoms with van der Waals surface area (Å²) >= 11 is 0. The van der Waals surface area contributed by atoms with Gasteiger partial charge in [0.15, 0.2) is 0 Å². The largest absolute Gasteiger partial charge is 0.468 e. The highest BCUT2D eigenvalue weighted by atomic mass is 16.6. The Labute approximate surface area is 153 Å². The lowest BCUT2D eigenvalue weighted by Crippen LogP contribution is -2.51. The lowest BCUT2D eigenvalue weighted by molar-refractivity contribution is -0.484. The number of para-hydroxylation sites is 1. The zero-order valence-electron chi connectivity index (χ0n) is 14.8. The summed E-state index contributed by atoms with van der Waals surface area (Å²) in [6.45, 7) is -0.503. The van der Waals surface area contributed by atoms with E-state index >= 15 is 0 Å². The van der Waals surface area contributed by atoms with Gasteiger partial charge in [0.1, 0.15) is 6.29 Å². The van der Waals surface area contributed by atoms with Gasteiger partial charge in [-0.05, 0) is 18.1 Å². The van der Waals surface area contributed by atoms with Crippen LogP contribution in [0.1, 0.15) is 23.6 Å². The molecule has 0 bridgehead atoms. The van der Waals surface area contributed by atoms with E-state index in [0.29, 0.717) is 22.8 Å². The summed E-state index contributed by atoms with van der Waals surface area (Å²) < 4.78 is 9.74. The van der Waals surface area contributed by atoms with Crippen molar-refractivity contribution in [3.05, 3.63) is 45.6 Å². The molecule has 9 nitrogen and oxygen atoms in total. The molecule has 27 heavy (non-hydrogen) atoms. The molecule has 1 N–H and O–H groups in total. The molecule has 9 heteroatoms. The van der Waals surface area contributed by atoms with Gasteiger partial charge in [0.05, 0.1) is 20.1 Å². The van der Waals surface area contributed by atoms with Gasteiger partial charge in [-0.2, -0.15) is 0 Å². The van der Waals surface area contributed by atoms with Crippen LogP contribution in [0.4, 0.5) is 0 Å². The van der Waals surface area contributed by atoms with Crippen LogP contribution in [0.5, 0.6) is 0 Å². The van der Waals surface area contributed by atoms with Gasteiger partial charge in [0.2, 0.25) is 12.0 Å². The number of methoxy groups -OCH3 is 2. The molecule has 1 aliphatic rings. The Morgan fingerprint density at radius 1 is 1.30 bits per heavy atom. The number of nitrogens with zero attached hydrogens (tertiary/aromatic N) is 1. The number of benzene rings is 1. The zero-order valence-corrected chi connectivity index (χ0v) is 14.8. The van der Waals surface area contributed by atoms with E-state index in [2.05, 4.69) is 4.98 Å². The molecular formula is C18H18N2O7. The lowest BCUT2D eigenvalue weighted by atomic mass is 9.64. The molecule has 0 spiro atoms. The number of rotatable bonds is 5. The summed E-state index contributed by atoms with van der Waals surface area (Å²) in [5, 5.41) is 11.8. The number of ether oxygens (including phenoxy) is 2. The van der Waals surface area contributed by atoms with Crippen LogP contribution < -0.4 is 0 Å². The van der Waals surface area contributed by atoms with Gasteiger partial charge in [0.25, 0.3) is 0 Å². The molecule has 1 aliphatic carbocycles. The first-order valence-corrected chi connectivity index (χ1v) is 8.25. The van der Waals surface area contributed by atoms with E-state index in [-0.39, 0.29) is 12.1 Å². The predicted octanol–water partition coefficient (Wildman–Crippen LogP) is 1.33. The first-order valence-electron chi connectivity index (χ1n) is 8.25. The number of carbonyl (C=O) groups excluding carboxylic acids is 3. The van der Waals surface area contributed by atoms with E-state index in [1.165, 1.54) is 0 Å². The molecule has 0 saturated carbocycles. The van der Waals surface area contributed by atoms with E-state index in [1.54, 1.807) is 24.3 Å². The van der Waals surface area contributed by atoms with Gasteiger partial charge in [-0.1, -0.05) is 18.2 Å². The third kappa shape index (κ3) is 2.66. The molecule has 1 heterocycles. The van der Waals surface area contributed by atoms with Crippen LogP contribution in [0.15, 0.2) is 24.3 Å². The summed E-state index contributed by atoms with van der Waals surface area (Å²) in [4.78, 5) is 51.0. The van der Waals surface area contributed by atoms with Crippen molar-refractivity contribution in [3.63, 3.8) is 0 Å². The van der Waals surface area contributed by atoms with Crippen molar-refractivity contribution in [2.24, 2.45) is 5.92 Å². The second kappa shape index (κ2) is 6.82. The van der Waals surface area contributed by atoms with Crippen LogP contribution in [-0.4, -0.2) is 48.9 Å². The fraction of sp³-hybridized carbons (Fsp3) is 0.389. The number of carbonyl (C=O) groups is 3.